The van der Waals surface area contributed by atoms with Crippen LogP contribution in [0.15, 0.2) is 53.5 Å². The Morgan fingerprint density at radius 3 is 2.59 bits per heavy atom. The topological polar surface area (TPSA) is 74.8 Å². The van der Waals surface area contributed by atoms with Crippen molar-refractivity contribution in [2.24, 2.45) is 4.99 Å². The summed E-state index contributed by atoms with van der Waals surface area (Å²) in [4.78, 5) is 16.4. The third-order valence-electron chi connectivity index (χ3n) is 4.31. The van der Waals surface area contributed by atoms with Crippen LogP contribution >= 0.6 is 24.0 Å². The van der Waals surface area contributed by atoms with E-state index >= 15 is 0 Å². The summed E-state index contributed by atoms with van der Waals surface area (Å²) in [6, 6.07) is 15.7. The number of ether oxygens (including phenoxy) is 1. The fourth-order valence-corrected chi connectivity index (χ4v) is 2.88. The van der Waals surface area contributed by atoms with Crippen molar-refractivity contribution < 1.29 is 9.53 Å². The summed E-state index contributed by atoms with van der Waals surface area (Å²) >= 11 is 0. The van der Waals surface area contributed by atoms with E-state index in [9.17, 15) is 4.79 Å². The van der Waals surface area contributed by atoms with Crippen molar-refractivity contribution in [1.29, 1.82) is 0 Å². The number of benzene rings is 2. The number of hydrogen-bond donors (Lipinski definition) is 3. The molecule has 0 aliphatic heterocycles. The molecule has 2 rings (SSSR count). The van der Waals surface area contributed by atoms with E-state index in [4.69, 9.17) is 4.74 Å². The SMILES string of the molecule is CCNC(=NCCc1ccccc1OC)NCCc1cccc(C(=O)NC)c1.I. The normalized spacial score (nSPS) is 10.7. The lowest BCUT2D eigenvalue weighted by atomic mass is 10.1. The number of guanidine groups is 1. The fraction of sp³-hybridized carbons (Fsp3) is 0.364. The lowest BCUT2D eigenvalue weighted by molar-refractivity contribution is 0.0963. The number of halogens is 1. The number of carbonyl (C=O) groups excluding carboxylic acids is 1. The third-order valence-corrected chi connectivity index (χ3v) is 4.31. The van der Waals surface area contributed by atoms with Crippen molar-refractivity contribution in [1.82, 2.24) is 16.0 Å². The van der Waals surface area contributed by atoms with Crippen LogP contribution in [0.3, 0.4) is 0 Å². The molecule has 2 aromatic carbocycles. The second kappa shape index (κ2) is 13.8. The average Bonchev–Trinajstić information content (AvgIpc) is 2.73. The van der Waals surface area contributed by atoms with Crippen LogP contribution in [0.25, 0.3) is 0 Å². The van der Waals surface area contributed by atoms with Gasteiger partial charge in [-0.15, -0.1) is 24.0 Å². The molecule has 7 heteroatoms. The lowest BCUT2D eigenvalue weighted by Crippen LogP contribution is -2.38. The first-order chi connectivity index (χ1) is 13.7. The van der Waals surface area contributed by atoms with Gasteiger partial charge in [-0.1, -0.05) is 30.3 Å². The van der Waals surface area contributed by atoms with Crippen LogP contribution in [0.1, 0.15) is 28.4 Å². The minimum absolute atomic E-state index is 0. The summed E-state index contributed by atoms with van der Waals surface area (Å²) in [5.74, 6) is 1.62. The number of amides is 1. The van der Waals surface area contributed by atoms with Gasteiger partial charge in [0.1, 0.15) is 5.75 Å². The Morgan fingerprint density at radius 1 is 1.07 bits per heavy atom. The molecule has 29 heavy (non-hydrogen) atoms. The summed E-state index contributed by atoms with van der Waals surface area (Å²) in [7, 11) is 3.33. The second-order valence-electron chi connectivity index (χ2n) is 6.28. The molecular weight excluding hydrogens is 479 g/mol. The Kier molecular flexibility index (Phi) is 11.8. The van der Waals surface area contributed by atoms with Gasteiger partial charge in [-0.25, -0.2) is 0 Å². The number of nitrogens with one attached hydrogen (secondary N) is 3. The van der Waals surface area contributed by atoms with Crippen molar-refractivity contribution >= 4 is 35.8 Å². The minimum Gasteiger partial charge on any atom is -0.496 e. The Bertz CT molecular complexity index is 796. The Hall–Kier alpha value is -2.29. The molecule has 0 aliphatic carbocycles. The first-order valence-corrected chi connectivity index (χ1v) is 9.63. The highest BCUT2D eigenvalue weighted by molar-refractivity contribution is 14.0. The monoisotopic (exact) mass is 510 g/mol. The van der Waals surface area contributed by atoms with Gasteiger partial charge in [-0.2, -0.15) is 0 Å². The molecular formula is C22H31IN4O2. The van der Waals surface area contributed by atoms with Crippen LogP contribution in [0.2, 0.25) is 0 Å². The van der Waals surface area contributed by atoms with E-state index in [1.807, 2.05) is 49.4 Å². The van der Waals surface area contributed by atoms with E-state index in [1.54, 1.807) is 14.2 Å². The largest absolute Gasteiger partial charge is 0.496 e. The standard InChI is InChI=1S/C22H30N4O2.HI/c1-4-24-22(26-15-13-18-9-5-6-11-20(18)28-3)25-14-12-17-8-7-10-19(16-17)21(27)23-2;/h5-11,16H,4,12-15H2,1-3H3,(H,23,27)(H2,24,25,26);1H. The van der Waals surface area contributed by atoms with Crippen molar-refractivity contribution in [2.45, 2.75) is 19.8 Å². The summed E-state index contributed by atoms with van der Waals surface area (Å²) in [6.07, 6.45) is 1.62. The summed E-state index contributed by atoms with van der Waals surface area (Å²) in [5.41, 5.74) is 2.94. The van der Waals surface area contributed by atoms with Crippen molar-refractivity contribution in [3.8, 4) is 5.75 Å². The summed E-state index contributed by atoms with van der Waals surface area (Å²) < 4.78 is 5.39. The highest BCUT2D eigenvalue weighted by Gasteiger charge is 2.05. The third kappa shape index (κ3) is 8.31. The molecule has 0 fully saturated rings. The van der Waals surface area contributed by atoms with Gasteiger partial charge in [-0.05, 0) is 49.1 Å². The lowest BCUT2D eigenvalue weighted by Gasteiger charge is -2.12. The molecule has 0 saturated carbocycles. The molecule has 0 aliphatic rings. The average molecular weight is 510 g/mol. The van der Waals surface area contributed by atoms with Gasteiger partial charge < -0.3 is 20.7 Å². The van der Waals surface area contributed by atoms with Crippen LogP contribution in [0, 0.1) is 0 Å². The molecule has 158 valence electrons. The van der Waals surface area contributed by atoms with E-state index in [0.29, 0.717) is 12.1 Å². The molecule has 0 heterocycles. The molecule has 0 saturated heterocycles. The fourth-order valence-electron chi connectivity index (χ4n) is 2.88. The number of para-hydroxylation sites is 1. The summed E-state index contributed by atoms with van der Waals surface area (Å²) in [5, 5.41) is 9.27. The molecule has 0 spiro atoms. The van der Waals surface area contributed by atoms with Crippen molar-refractivity contribution in [3.63, 3.8) is 0 Å². The van der Waals surface area contributed by atoms with Crippen LogP contribution < -0.4 is 20.7 Å². The first kappa shape index (κ1) is 24.7. The predicted molar refractivity (Wildman–Crippen MR) is 130 cm³/mol. The molecule has 3 N–H and O–H groups in total. The predicted octanol–water partition coefficient (Wildman–Crippen LogP) is 3.01. The Balaban J connectivity index is 0.00000420. The molecule has 0 aromatic heterocycles. The second-order valence-corrected chi connectivity index (χ2v) is 6.28. The van der Waals surface area contributed by atoms with Crippen LogP contribution in [0.5, 0.6) is 5.75 Å². The first-order valence-electron chi connectivity index (χ1n) is 9.63. The molecule has 0 atom stereocenters. The van der Waals surface area contributed by atoms with E-state index in [0.717, 1.165) is 48.8 Å². The van der Waals surface area contributed by atoms with Gasteiger partial charge in [0.25, 0.3) is 5.91 Å². The highest BCUT2D eigenvalue weighted by Crippen LogP contribution is 2.17. The smallest absolute Gasteiger partial charge is 0.251 e. The van der Waals surface area contributed by atoms with Crippen LogP contribution in [0.4, 0.5) is 0 Å². The zero-order valence-corrected chi connectivity index (χ0v) is 19.7. The van der Waals surface area contributed by atoms with Gasteiger partial charge in [0.2, 0.25) is 0 Å². The van der Waals surface area contributed by atoms with Crippen molar-refractivity contribution in [2.75, 3.05) is 33.8 Å². The van der Waals surface area contributed by atoms with Gasteiger partial charge in [-0.3, -0.25) is 9.79 Å². The van der Waals surface area contributed by atoms with E-state index in [2.05, 4.69) is 27.0 Å². The number of carbonyl (C=O) groups is 1. The quantitative estimate of drug-likeness (QED) is 0.276. The van der Waals surface area contributed by atoms with Gasteiger partial charge >= 0.3 is 0 Å². The minimum atomic E-state index is -0.0685. The van der Waals surface area contributed by atoms with Gasteiger partial charge in [0.05, 0.1) is 7.11 Å². The number of aliphatic imine (C=N–C) groups is 1. The molecule has 2 aromatic rings. The highest BCUT2D eigenvalue weighted by atomic mass is 127. The maximum Gasteiger partial charge on any atom is 0.251 e. The number of rotatable bonds is 9. The zero-order chi connectivity index (χ0) is 20.2. The maximum atomic E-state index is 11.7. The Labute approximate surface area is 190 Å². The van der Waals surface area contributed by atoms with E-state index in [1.165, 1.54) is 0 Å². The van der Waals surface area contributed by atoms with Crippen LogP contribution in [-0.2, 0) is 12.8 Å². The molecule has 0 radical (unpaired) electrons. The molecule has 6 nitrogen and oxygen atoms in total. The molecule has 1 amide bonds. The van der Waals surface area contributed by atoms with Gasteiger partial charge in [0.15, 0.2) is 5.96 Å². The number of nitrogens with zero attached hydrogens (tertiary/aromatic N) is 1. The number of hydrogen-bond acceptors (Lipinski definition) is 3. The van der Waals surface area contributed by atoms with E-state index in [-0.39, 0.29) is 29.9 Å². The zero-order valence-electron chi connectivity index (χ0n) is 17.3. The summed E-state index contributed by atoms with van der Waals surface area (Å²) in [6.45, 7) is 4.25. The Morgan fingerprint density at radius 2 is 1.86 bits per heavy atom. The number of methoxy groups -OCH3 is 1. The van der Waals surface area contributed by atoms with E-state index < -0.39 is 0 Å². The van der Waals surface area contributed by atoms with Crippen molar-refractivity contribution in [3.05, 3.63) is 65.2 Å². The molecule has 0 unspecified atom stereocenters. The van der Waals surface area contributed by atoms with Gasteiger partial charge in [0, 0.05) is 32.2 Å². The van der Waals surface area contributed by atoms with Crippen LogP contribution in [-0.4, -0.2) is 45.7 Å². The molecule has 0 bridgehead atoms. The maximum absolute atomic E-state index is 11.7.